The maximum absolute atomic E-state index is 11.8. The Morgan fingerprint density at radius 1 is 1.50 bits per heavy atom. The molecular formula is C10H15N3O. The molecule has 2 unspecified atom stereocenters. The third-order valence-corrected chi connectivity index (χ3v) is 2.31. The van der Waals surface area contributed by atoms with Crippen LogP contribution >= 0.6 is 0 Å². The number of hydrogen-bond donors (Lipinski definition) is 2. The number of nitrogen functional groups attached to an aromatic ring is 1. The van der Waals surface area contributed by atoms with E-state index in [1.54, 1.807) is 32.2 Å². The largest absolute Gasteiger partial charge is 0.383 e. The highest BCUT2D eigenvalue weighted by molar-refractivity contribution is 6.01. The van der Waals surface area contributed by atoms with Gasteiger partial charge in [0.1, 0.15) is 5.82 Å². The summed E-state index contributed by atoms with van der Waals surface area (Å²) in [7, 11) is 0. The highest BCUT2D eigenvalue weighted by Gasteiger charge is 2.20. The fraction of sp³-hybridized carbons (Fsp3) is 0.400. The number of ketones is 1. The summed E-state index contributed by atoms with van der Waals surface area (Å²) >= 11 is 0. The molecule has 1 aromatic rings. The van der Waals surface area contributed by atoms with Crippen molar-refractivity contribution in [2.24, 2.45) is 11.7 Å². The lowest BCUT2D eigenvalue weighted by Gasteiger charge is -2.14. The number of nitrogens with two attached hydrogens (primary N) is 2. The van der Waals surface area contributed by atoms with Gasteiger partial charge in [-0.2, -0.15) is 0 Å². The zero-order valence-electron chi connectivity index (χ0n) is 8.40. The molecule has 0 bridgehead atoms. The molecule has 1 rings (SSSR count). The number of nitrogens with zero attached hydrogens (tertiary/aromatic N) is 1. The van der Waals surface area contributed by atoms with Gasteiger partial charge in [-0.15, -0.1) is 0 Å². The molecular weight excluding hydrogens is 178 g/mol. The molecule has 0 radical (unpaired) electrons. The van der Waals surface area contributed by atoms with Gasteiger partial charge in [0.2, 0.25) is 0 Å². The normalized spacial score (nSPS) is 14.8. The van der Waals surface area contributed by atoms with Gasteiger partial charge in [0.05, 0.1) is 5.56 Å². The van der Waals surface area contributed by atoms with Crippen LogP contribution in [-0.4, -0.2) is 16.8 Å². The summed E-state index contributed by atoms with van der Waals surface area (Å²) in [5.74, 6) is -0.0166. The van der Waals surface area contributed by atoms with Crippen LogP contribution in [0, 0.1) is 5.92 Å². The second-order valence-corrected chi connectivity index (χ2v) is 3.45. The van der Waals surface area contributed by atoms with Gasteiger partial charge in [0.15, 0.2) is 5.78 Å². The summed E-state index contributed by atoms with van der Waals surface area (Å²) in [6, 6.07) is 3.18. The predicted molar refractivity (Wildman–Crippen MR) is 55.8 cm³/mol. The molecule has 0 fully saturated rings. The molecule has 0 spiro atoms. The maximum atomic E-state index is 11.8. The van der Waals surface area contributed by atoms with Crippen molar-refractivity contribution in [1.29, 1.82) is 0 Å². The van der Waals surface area contributed by atoms with Crippen LogP contribution in [0.15, 0.2) is 18.3 Å². The van der Waals surface area contributed by atoms with Crippen molar-refractivity contribution in [2.45, 2.75) is 19.9 Å². The number of Topliss-reactive ketones (excluding diaryl/α,β-unsaturated/α-hetero) is 1. The lowest BCUT2D eigenvalue weighted by atomic mass is 9.94. The van der Waals surface area contributed by atoms with Crippen LogP contribution in [0.1, 0.15) is 24.2 Å². The van der Waals surface area contributed by atoms with Gasteiger partial charge in [-0.3, -0.25) is 4.79 Å². The number of anilines is 1. The Labute approximate surface area is 83.3 Å². The van der Waals surface area contributed by atoms with Crippen LogP contribution in [0.5, 0.6) is 0 Å². The molecule has 0 aromatic carbocycles. The molecule has 1 aromatic heterocycles. The Morgan fingerprint density at radius 2 is 2.14 bits per heavy atom. The first-order valence-corrected chi connectivity index (χ1v) is 4.54. The summed E-state index contributed by atoms with van der Waals surface area (Å²) in [5.41, 5.74) is 11.7. The third kappa shape index (κ3) is 2.09. The summed E-state index contributed by atoms with van der Waals surface area (Å²) in [4.78, 5) is 15.7. The zero-order valence-corrected chi connectivity index (χ0v) is 8.40. The van der Waals surface area contributed by atoms with Crippen molar-refractivity contribution in [3.05, 3.63) is 23.9 Å². The number of hydrogen-bond acceptors (Lipinski definition) is 4. The van der Waals surface area contributed by atoms with E-state index in [0.29, 0.717) is 5.56 Å². The first-order valence-electron chi connectivity index (χ1n) is 4.54. The van der Waals surface area contributed by atoms with Crippen LogP contribution in [0.4, 0.5) is 5.82 Å². The molecule has 0 saturated heterocycles. The summed E-state index contributed by atoms with van der Waals surface area (Å²) in [6.07, 6.45) is 1.56. The molecule has 1 heterocycles. The van der Waals surface area contributed by atoms with Gasteiger partial charge >= 0.3 is 0 Å². The monoisotopic (exact) mass is 193 g/mol. The minimum Gasteiger partial charge on any atom is -0.383 e. The van der Waals surface area contributed by atoms with E-state index in [2.05, 4.69) is 4.98 Å². The summed E-state index contributed by atoms with van der Waals surface area (Å²) in [5, 5.41) is 0. The number of rotatable bonds is 3. The number of carbonyl (C=O) groups excluding carboxylic acids is 1. The number of aromatic nitrogens is 1. The fourth-order valence-corrected chi connectivity index (χ4v) is 1.11. The second kappa shape index (κ2) is 4.19. The van der Waals surface area contributed by atoms with Crippen LogP contribution in [-0.2, 0) is 0 Å². The first-order chi connectivity index (χ1) is 6.54. The van der Waals surface area contributed by atoms with Crippen LogP contribution in [0.3, 0.4) is 0 Å². The Bertz CT molecular complexity index is 336. The van der Waals surface area contributed by atoms with Crippen LogP contribution < -0.4 is 11.5 Å². The number of pyridine rings is 1. The topological polar surface area (TPSA) is 82.0 Å². The molecule has 2 atom stereocenters. The predicted octanol–water partition coefficient (Wildman–Crippen LogP) is 0.830. The van der Waals surface area contributed by atoms with Gasteiger partial charge in [0, 0.05) is 18.2 Å². The van der Waals surface area contributed by atoms with E-state index < -0.39 is 0 Å². The van der Waals surface area contributed by atoms with E-state index in [4.69, 9.17) is 11.5 Å². The molecule has 0 saturated carbocycles. The molecule has 14 heavy (non-hydrogen) atoms. The molecule has 0 aliphatic carbocycles. The van der Waals surface area contributed by atoms with Gasteiger partial charge in [-0.1, -0.05) is 6.92 Å². The molecule has 4 N–H and O–H groups in total. The SMILES string of the molecule is CC(N)C(C)C(=O)c1cccnc1N. The van der Waals surface area contributed by atoms with Gasteiger partial charge in [-0.05, 0) is 19.1 Å². The van der Waals surface area contributed by atoms with Crippen molar-refractivity contribution >= 4 is 11.6 Å². The Hall–Kier alpha value is -1.42. The third-order valence-electron chi connectivity index (χ3n) is 2.31. The van der Waals surface area contributed by atoms with E-state index in [9.17, 15) is 4.79 Å². The van der Waals surface area contributed by atoms with Crippen molar-refractivity contribution in [1.82, 2.24) is 4.98 Å². The van der Waals surface area contributed by atoms with Crippen molar-refractivity contribution in [3.8, 4) is 0 Å². The van der Waals surface area contributed by atoms with Gasteiger partial charge in [-0.25, -0.2) is 4.98 Å². The lowest BCUT2D eigenvalue weighted by molar-refractivity contribution is 0.0918. The van der Waals surface area contributed by atoms with E-state index in [0.717, 1.165) is 0 Å². The Morgan fingerprint density at radius 3 is 2.64 bits per heavy atom. The summed E-state index contributed by atoms with van der Waals surface area (Å²) in [6.45, 7) is 3.59. The highest BCUT2D eigenvalue weighted by atomic mass is 16.1. The van der Waals surface area contributed by atoms with Gasteiger partial charge in [0.25, 0.3) is 0 Å². The van der Waals surface area contributed by atoms with Crippen molar-refractivity contribution in [3.63, 3.8) is 0 Å². The maximum Gasteiger partial charge on any atom is 0.170 e. The molecule has 4 heteroatoms. The lowest BCUT2D eigenvalue weighted by Crippen LogP contribution is -2.31. The van der Waals surface area contributed by atoms with E-state index in [1.165, 1.54) is 0 Å². The Kier molecular flexibility index (Phi) is 3.19. The molecule has 0 aliphatic heterocycles. The van der Waals surface area contributed by atoms with E-state index in [-0.39, 0.29) is 23.6 Å². The Balaban J connectivity index is 2.95. The van der Waals surface area contributed by atoms with E-state index >= 15 is 0 Å². The molecule has 4 nitrogen and oxygen atoms in total. The standard InChI is InChI=1S/C10H15N3O/c1-6(7(2)11)9(14)8-4-3-5-13-10(8)12/h3-7H,11H2,1-2H3,(H2,12,13). The minimum absolute atomic E-state index is 0.0504. The van der Waals surface area contributed by atoms with Gasteiger partial charge < -0.3 is 11.5 Å². The van der Waals surface area contributed by atoms with Crippen LogP contribution in [0.25, 0.3) is 0 Å². The molecule has 0 amide bonds. The first kappa shape index (κ1) is 10.7. The zero-order chi connectivity index (χ0) is 10.7. The van der Waals surface area contributed by atoms with Crippen molar-refractivity contribution < 1.29 is 4.79 Å². The molecule has 76 valence electrons. The fourth-order valence-electron chi connectivity index (χ4n) is 1.11. The summed E-state index contributed by atoms with van der Waals surface area (Å²) < 4.78 is 0. The average molecular weight is 193 g/mol. The molecule has 0 aliphatic rings. The van der Waals surface area contributed by atoms with Crippen LogP contribution in [0.2, 0.25) is 0 Å². The smallest absolute Gasteiger partial charge is 0.170 e. The number of carbonyl (C=O) groups is 1. The van der Waals surface area contributed by atoms with Crippen molar-refractivity contribution in [2.75, 3.05) is 5.73 Å². The second-order valence-electron chi connectivity index (χ2n) is 3.45. The quantitative estimate of drug-likeness (QED) is 0.696. The van der Waals surface area contributed by atoms with E-state index in [1.807, 2.05) is 0 Å². The highest BCUT2D eigenvalue weighted by Crippen LogP contribution is 2.15. The average Bonchev–Trinajstić information content (AvgIpc) is 2.16. The minimum atomic E-state index is -0.235.